The summed E-state index contributed by atoms with van der Waals surface area (Å²) in [7, 11) is 0. The fourth-order valence-electron chi connectivity index (χ4n) is 1.36. The molecule has 0 heterocycles. The van der Waals surface area contributed by atoms with E-state index in [1.807, 2.05) is 0 Å². The molecule has 2 bridgehead atoms. The van der Waals surface area contributed by atoms with Gasteiger partial charge in [-0.3, -0.25) is 0 Å². The number of fused-ring (bicyclic) bond motifs is 2. The standard InChI is InChI=1S/C9H10/c1-2-8-4-6-9(3-1)7-5-8/h2,4-7,9H,1,3H2. The summed E-state index contributed by atoms with van der Waals surface area (Å²) in [5, 5.41) is 0. The van der Waals surface area contributed by atoms with Gasteiger partial charge in [-0.05, 0) is 24.3 Å². The number of hydrogen-bond acceptors (Lipinski definition) is 0. The van der Waals surface area contributed by atoms with Gasteiger partial charge < -0.3 is 0 Å². The van der Waals surface area contributed by atoms with E-state index in [4.69, 9.17) is 0 Å². The minimum atomic E-state index is 0.729. The molecule has 0 aromatic carbocycles. The molecule has 46 valence electrons. The van der Waals surface area contributed by atoms with Crippen LogP contribution in [0.3, 0.4) is 0 Å². The molecule has 0 amide bonds. The molecule has 0 saturated carbocycles. The van der Waals surface area contributed by atoms with Crippen molar-refractivity contribution >= 4 is 0 Å². The summed E-state index contributed by atoms with van der Waals surface area (Å²) in [5.74, 6) is 0.729. The highest BCUT2D eigenvalue weighted by Gasteiger charge is 2.07. The van der Waals surface area contributed by atoms with Crippen LogP contribution in [0.4, 0.5) is 0 Å². The SMILES string of the molecule is C1=CC2C=CC1=CCC2. The monoisotopic (exact) mass is 118 g/mol. The van der Waals surface area contributed by atoms with Crippen molar-refractivity contribution < 1.29 is 0 Å². The van der Waals surface area contributed by atoms with Crippen molar-refractivity contribution in [2.45, 2.75) is 12.8 Å². The predicted octanol–water partition coefficient (Wildman–Crippen LogP) is 2.45. The fourth-order valence-corrected chi connectivity index (χ4v) is 1.36. The van der Waals surface area contributed by atoms with E-state index in [1.54, 1.807) is 0 Å². The average Bonchev–Trinajstić information content (AvgIpc) is 2.21. The van der Waals surface area contributed by atoms with Crippen LogP contribution in [0.1, 0.15) is 12.8 Å². The first-order valence-electron chi connectivity index (χ1n) is 3.52. The molecular formula is C9H10. The lowest BCUT2D eigenvalue weighted by atomic mass is 10.0. The molecule has 0 nitrogen and oxygen atoms in total. The van der Waals surface area contributed by atoms with Crippen LogP contribution in [0.2, 0.25) is 0 Å². The van der Waals surface area contributed by atoms with Crippen LogP contribution in [0.15, 0.2) is 36.0 Å². The van der Waals surface area contributed by atoms with Crippen LogP contribution in [0, 0.1) is 5.92 Å². The van der Waals surface area contributed by atoms with Gasteiger partial charge in [-0.1, -0.05) is 30.4 Å². The Labute approximate surface area is 55.6 Å². The fraction of sp³-hybridized carbons (Fsp3) is 0.333. The molecule has 0 radical (unpaired) electrons. The van der Waals surface area contributed by atoms with Gasteiger partial charge in [0.2, 0.25) is 0 Å². The van der Waals surface area contributed by atoms with E-state index >= 15 is 0 Å². The van der Waals surface area contributed by atoms with Gasteiger partial charge in [-0.25, -0.2) is 0 Å². The zero-order valence-electron chi connectivity index (χ0n) is 5.38. The van der Waals surface area contributed by atoms with Crippen LogP contribution < -0.4 is 0 Å². The normalized spacial score (nSPS) is 24.2. The van der Waals surface area contributed by atoms with Crippen LogP contribution >= 0.6 is 0 Å². The minimum absolute atomic E-state index is 0.729. The summed E-state index contributed by atoms with van der Waals surface area (Å²) < 4.78 is 0. The molecule has 0 saturated heterocycles. The number of rotatable bonds is 0. The highest BCUT2D eigenvalue weighted by atomic mass is 14.1. The Morgan fingerprint density at radius 2 is 2.00 bits per heavy atom. The maximum Gasteiger partial charge on any atom is -0.00439 e. The highest BCUT2D eigenvalue weighted by molar-refractivity contribution is 5.37. The van der Waals surface area contributed by atoms with Gasteiger partial charge in [0, 0.05) is 0 Å². The maximum absolute atomic E-state index is 2.31. The molecule has 0 N–H and O–H groups in total. The first kappa shape index (κ1) is 5.04. The molecule has 9 heavy (non-hydrogen) atoms. The summed E-state index contributed by atoms with van der Waals surface area (Å²) in [4.78, 5) is 0. The molecule has 3 aliphatic carbocycles. The van der Waals surface area contributed by atoms with E-state index in [9.17, 15) is 0 Å². The molecule has 0 fully saturated rings. The van der Waals surface area contributed by atoms with E-state index < -0.39 is 0 Å². The Hall–Kier alpha value is -0.780. The van der Waals surface area contributed by atoms with Crippen molar-refractivity contribution in [1.82, 2.24) is 0 Å². The summed E-state index contributed by atoms with van der Waals surface area (Å²) >= 11 is 0. The average molecular weight is 118 g/mol. The summed E-state index contributed by atoms with van der Waals surface area (Å²) in [5.41, 5.74) is 1.39. The first-order chi connectivity index (χ1) is 4.45. The lowest BCUT2D eigenvalue weighted by molar-refractivity contribution is 0.729. The third kappa shape index (κ3) is 0.849. The molecule has 0 unspecified atom stereocenters. The zero-order chi connectivity index (χ0) is 6.10. The van der Waals surface area contributed by atoms with Crippen molar-refractivity contribution in [1.29, 1.82) is 0 Å². The van der Waals surface area contributed by atoms with E-state index in [0.29, 0.717) is 0 Å². The highest BCUT2D eigenvalue weighted by Crippen LogP contribution is 2.23. The summed E-state index contributed by atoms with van der Waals surface area (Å²) in [6, 6.07) is 0. The van der Waals surface area contributed by atoms with E-state index in [-0.39, 0.29) is 0 Å². The molecule has 0 atom stereocenters. The van der Waals surface area contributed by atoms with Gasteiger partial charge in [0.1, 0.15) is 0 Å². The number of hydrogen-bond donors (Lipinski definition) is 0. The zero-order valence-corrected chi connectivity index (χ0v) is 5.38. The molecule has 0 heteroatoms. The quantitative estimate of drug-likeness (QED) is 0.458. The Bertz CT molecular complexity index is 178. The van der Waals surface area contributed by atoms with Crippen LogP contribution in [0.25, 0.3) is 0 Å². The Balaban J connectivity index is 2.38. The van der Waals surface area contributed by atoms with Gasteiger partial charge in [0.05, 0.1) is 0 Å². The Morgan fingerprint density at radius 1 is 1.22 bits per heavy atom. The third-order valence-corrected chi connectivity index (χ3v) is 1.95. The van der Waals surface area contributed by atoms with Gasteiger partial charge in [0.15, 0.2) is 0 Å². The Kier molecular flexibility index (Phi) is 1.05. The first-order valence-corrected chi connectivity index (χ1v) is 3.52. The van der Waals surface area contributed by atoms with Gasteiger partial charge in [-0.2, -0.15) is 0 Å². The van der Waals surface area contributed by atoms with Crippen molar-refractivity contribution in [2.75, 3.05) is 0 Å². The molecule has 0 aromatic rings. The second-order valence-corrected chi connectivity index (χ2v) is 2.66. The van der Waals surface area contributed by atoms with Crippen LogP contribution in [-0.4, -0.2) is 0 Å². The second-order valence-electron chi connectivity index (χ2n) is 2.66. The minimum Gasteiger partial charge on any atom is -0.0773 e. The lowest BCUT2D eigenvalue weighted by Crippen LogP contribution is -1.90. The predicted molar refractivity (Wildman–Crippen MR) is 39.1 cm³/mol. The van der Waals surface area contributed by atoms with Crippen molar-refractivity contribution in [3.8, 4) is 0 Å². The lowest BCUT2D eigenvalue weighted by Gasteiger charge is -2.04. The molecule has 3 rings (SSSR count). The van der Waals surface area contributed by atoms with E-state index in [2.05, 4.69) is 30.4 Å². The van der Waals surface area contributed by atoms with Crippen LogP contribution in [-0.2, 0) is 0 Å². The summed E-state index contributed by atoms with van der Waals surface area (Å²) in [6.07, 6.45) is 13.9. The smallest absolute Gasteiger partial charge is 0.00439 e. The topological polar surface area (TPSA) is 0 Å². The van der Waals surface area contributed by atoms with Crippen molar-refractivity contribution in [3.63, 3.8) is 0 Å². The number of allylic oxidation sites excluding steroid dienone is 6. The van der Waals surface area contributed by atoms with Gasteiger partial charge in [0.25, 0.3) is 0 Å². The maximum atomic E-state index is 2.31. The molecule has 0 spiro atoms. The van der Waals surface area contributed by atoms with Crippen molar-refractivity contribution in [3.05, 3.63) is 36.0 Å². The largest absolute Gasteiger partial charge is 0.0773 e. The molecule has 3 aliphatic rings. The molecular weight excluding hydrogens is 108 g/mol. The van der Waals surface area contributed by atoms with E-state index in [1.165, 1.54) is 18.4 Å². The molecule has 0 aliphatic heterocycles. The second kappa shape index (κ2) is 1.87. The van der Waals surface area contributed by atoms with E-state index in [0.717, 1.165) is 5.92 Å². The molecule has 0 aromatic heterocycles. The summed E-state index contributed by atoms with van der Waals surface area (Å²) in [6.45, 7) is 0. The van der Waals surface area contributed by atoms with Gasteiger partial charge >= 0.3 is 0 Å². The van der Waals surface area contributed by atoms with Gasteiger partial charge in [-0.15, -0.1) is 0 Å². The third-order valence-electron chi connectivity index (χ3n) is 1.95. The Morgan fingerprint density at radius 3 is 2.78 bits per heavy atom. The van der Waals surface area contributed by atoms with Crippen LogP contribution in [0.5, 0.6) is 0 Å². The van der Waals surface area contributed by atoms with Crippen molar-refractivity contribution in [2.24, 2.45) is 5.92 Å².